The number of fused-ring (bicyclic) bond motifs is 1. The number of carbonyl (C=O) groups is 1. The summed E-state index contributed by atoms with van der Waals surface area (Å²) in [6, 6.07) is 9.42. The predicted octanol–water partition coefficient (Wildman–Crippen LogP) is 3.39. The molecular formula is C15H17BrN2O. The Morgan fingerprint density at radius 3 is 3.05 bits per heavy atom. The van der Waals surface area contributed by atoms with Crippen molar-refractivity contribution in [3.05, 3.63) is 42.1 Å². The van der Waals surface area contributed by atoms with Crippen LogP contribution in [0.5, 0.6) is 0 Å². The van der Waals surface area contributed by atoms with E-state index in [1.165, 1.54) is 0 Å². The van der Waals surface area contributed by atoms with Crippen LogP contribution in [0.15, 0.2) is 36.5 Å². The van der Waals surface area contributed by atoms with Crippen molar-refractivity contribution in [1.82, 2.24) is 10.3 Å². The Morgan fingerprint density at radius 1 is 1.42 bits per heavy atom. The molecule has 0 bridgehead atoms. The minimum Gasteiger partial charge on any atom is -0.352 e. The van der Waals surface area contributed by atoms with Crippen molar-refractivity contribution in [2.24, 2.45) is 5.92 Å². The number of pyridine rings is 1. The van der Waals surface area contributed by atoms with Gasteiger partial charge in [0.1, 0.15) is 0 Å². The third-order valence-electron chi connectivity index (χ3n) is 3.08. The van der Waals surface area contributed by atoms with Crippen LogP contribution in [-0.2, 0) is 0 Å². The quantitative estimate of drug-likeness (QED) is 0.858. The van der Waals surface area contributed by atoms with Crippen molar-refractivity contribution in [3.8, 4) is 0 Å². The number of hydrogen-bond donors (Lipinski definition) is 1. The molecule has 3 nitrogen and oxygen atoms in total. The first-order chi connectivity index (χ1) is 9.20. The van der Waals surface area contributed by atoms with Crippen LogP contribution in [0, 0.1) is 5.92 Å². The Hall–Kier alpha value is -1.42. The number of benzene rings is 1. The average Bonchev–Trinajstić information content (AvgIpc) is 2.44. The fraction of sp³-hybridized carbons (Fsp3) is 0.333. The molecule has 1 amide bonds. The van der Waals surface area contributed by atoms with E-state index in [4.69, 9.17) is 0 Å². The maximum absolute atomic E-state index is 12.1. The summed E-state index contributed by atoms with van der Waals surface area (Å²) in [5, 5.41) is 4.92. The summed E-state index contributed by atoms with van der Waals surface area (Å²) in [6.45, 7) is 2.83. The van der Waals surface area contributed by atoms with Crippen molar-refractivity contribution in [2.75, 3.05) is 11.9 Å². The third kappa shape index (κ3) is 3.77. The lowest BCUT2D eigenvalue weighted by Gasteiger charge is -2.11. The molecule has 0 aliphatic heterocycles. The largest absolute Gasteiger partial charge is 0.352 e. The van der Waals surface area contributed by atoms with Gasteiger partial charge in [-0.1, -0.05) is 28.9 Å². The Bertz CT molecular complexity index is 571. The summed E-state index contributed by atoms with van der Waals surface area (Å²) in [5.74, 6) is 0.456. The number of carbonyl (C=O) groups excluding carboxylic acids is 1. The zero-order valence-corrected chi connectivity index (χ0v) is 12.5. The smallest absolute Gasteiger partial charge is 0.251 e. The van der Waals surface area contributed by atoms with Gasteiger partial charge < -0.3 is 5.32 Å². The van der Waals surface area contributed by atoms with Gasteiger partial charge in [-0.15, -0.1) is 0 Å². The van der Waals surface area contributed by atoms with E-state index in [0.29, 0.717) is 18.0 Å². The monoisotopic (exact) mass is 320 g/mol. The molecule has 1 aromatic heterocycles. The Balaban J connectivity index is 2.05. The number of amides is 1. The van der Waals surface area contributed by atoms with Gasteiger partial charge in [0.25, 0.3) is 5.91 Å². The molecule has 2 rings (SSSR count). The highest BCUT2D eigenvalue weighted by Gasteiger charge is 2.08. The second-order valence-electron chi connectivity index (χ2n) is 4.70. The van der Waals surface area contributed by atoms with Gasteiger partial charge in [0.15, 0.2) is 0 Å². The van der Waals surface area contributed by atoms with Crippen LogP contribution in [-0.4, -0.2) is 22.8 Å². The molecule has 2 aromatic rings. The molecule has 0 aliphatic rings. The molecule has 4 heteroatoms. The van der Waals surface area contributed by atoms with E-state index in [-0.39, 0.29) is 5.91 Å². The van der Waals surface area contributed by atoms with Crippen LogP contribution in [0.4, 0.5) is 0 Å². The molecule has 0 saturated heterocycles. The SMILES string of the molecule is CC(CCBr)CNC(=O)c1ccc2ncccc2c1. The molecule has 100 valence electrons. The first kappa shape index (κ1) is 14.0. The lowest BCUT2D eigenvalue weighted by atomic mass is 10.1. The van der Waals surface area contributed by atoms with Crippen LogP contribution in [0.1, 0.15) is 23.7 Å². The molecule has 1 N–H and O–H groups in total. The second-order valence-corrected chi connectivity index (χ2v) is 5.50. The van der Waals surface area contributed by atoms with Crippen LogP contribution >= 0.6 is 15.9 Å². The number of aromatic nitrogens is 1. The highest BCUT2D eigenvalue weighted by atomic mass is 79.9. The second kappa shape index (κ2) is 6.66. The van der Waals surface area contributed by atoms with E-state index in [0.717, 1.165) is 22.7 Å². The van der Waals surface area contributed by atoms with Crippen molar-refractivity contribution in [2.45, 2.75) is 13.3 Å². The van der Waals surface area contributed by atoms with Crippen molar-refractivity contribution in [1.29, 1.82) is 0 Å². The van der Waals surface area contributed by atoms with Crippen LogP contribution in [0.3, 0.4) is 0 Å². The number of nitrogens with one attached hydrogen (secondary N) is 1. The van der Waals surface area contributed by atoms with E-state index in [2.05, 4.69) is 33.2 Å². The number of alkyl halides is 1. The molecule has 0 saturated carbocycles. The number of nitrogens with zero attached hydrogens (tertiary/aromatic N) is 1. The summed E-state index contributed by atoms with van der Waals surface area (Å²) in [6.07, 6.45) is 2.81. The summed E-state index contributed by atoms with van der Waals surface area (Å²) < 4.78 is 0. The fourth-order valence-corrected chi connectivity index (χ4v) is 2.66. The first-order valence-electron chi connectivity index (χ1n) is 6.39. The van der Waals surface area contributed by atoms with E-state index < -0.39 is 0 Å². The molecular weight excluding hydrogens is 304 g/mol. The van der Waals surface area contributed by atoms with Gasteiger partial charge in [-0.25, -0.2) is 0 Å². The molecule has 0 radical (unpaired) electrons. The maximum atomic E-state index is 12.1. The topological polar surface area (TPSA) is 42.0 Å². The van der Waals surface area contributed by atoms with Crippen LogP contribution in [0.2, 0.25) is 0 Å². The Morgan fingerprint density at radius 2 is 2.26 bits per heavy atom. The van der Waals surface area contributed by atoms with Gasteiger partial charge in [0.05, 0.1) is 5.52 Å². The molecule has 0 aliphatic carbocycles. The van der Waals surface area contributed by atoms with E-state index >= 15 is 0 Å². The number of rotatable bonds is 5. The predicted molar refractivity (Wildman–Crippen MR) is 81.7 cm³/mol. The zero-order valence-electron chi connectivity index (χ0n) is 10.9. The molecule has 1 unspecified atom stereocenters. The number of halogens is 1. The maximum Gasteiger partial charge on any atom is 0.251 e. The van der Waals surface area contributed by atoms with Crippen molar-refractivity contribution < 1.29 is 4.79 Å². The summed E-state index contributed by atoms with van der Waals surface area (Å²) in [4.78, 5) is 16.3. The standard InChI is InChI=1S/C15H17BrN2O/c1-11(6-7-16)10-18-15(19)13-4-5-14-12(9-13)3-2-8-17-14/h2-5,8-9,11H,6-7,10H2,1H3,(H,18,19). The fourth-order valence-electron chi connectivity index (χ4n) is 1.87. The van der Waals surface area contributed by atoms with Gasteiger partial charge in [-0.2, -0.15) is 0 Å². The number of hydrogen-bond acceptors (Lipinski definition) is 2. The highest BCUT2D eigenvalue weighted by molar-refractivity contribution is 9.09. The zero-order chi connectivity index (χ0) is 13.7. The Labute approximate surface area is 121 Å². The van der Waals surface area contributed by atoms with Gasteiger partial charge >= 0.3 is 0 Å². The summed E-state index contributed by atoms with van der Waals surface area (Å²) >= 11 is 3.41. The molecule has 0 fully saturated rings. The van der Waals surface area contributed by atoms with Crippen LogP contribution < -0.4 is 5.32 Å². The average molecular weight is 321 g/mol. The minimum absolute atomic E-state index is 0.0211. The van der Waals surface area contributed by atoms with Gasteiger partial charge in [0, 0.05) is 29.0 Å². The lowest BCUT2D eigenvalue weighted by Crippen LogP contribution is -2.28. The normalized spacial score (nSPS) is 12.3. The molecule has 1 aromatic carbocycles. The molecule has 1 heterocycles. The van der Waals surface area contributed by atoms with Crippen LogP contribution in [0.25, 0.3) is 10.9 Å². The molecule has 19 heavy (non-hydrogen) atoms. The lowest BCUT2D eigenvalue weighted by molar-refractivity contribution is 0.0948. The Kier molecular flexibility index (Phi) is 4.91. The van der Waals surface area contributed by atoms with Crippen molar-refractivity contribution >= 4 is 32.7 Å². The highest BCUT2D eigenvalue weighted by Crippen LogP contribution is 2.13. The van der Waals surface area contributed by atoms with Gasteiger partial charge in [-0.05, 0) is 36.6 Å². The summed E-state index contributed by atoms with van der Waals surface area (Å²) in [5.41, 5.74) is 1.60. The third-order valence-corrected chi connectivity index (χ3v) is 3.54. The van der Waals surface area contributed by atoms with Gasteiger partial charge in [0.2, 0.25) is 0 Å². The minimum atomic E-state index is -0.0211. The molecule has 1 atom stereocenters. The van der Waals surface area contributed by atoms with E-state index in [9.17, 15) is 4.79 Å². The first-order valence-corrected chi connectivity index (χ1v) is 7.52. The van der Waals surface area contributed by atoms with E-state index in [1.54, 1.807) is 6.20 Å². The summed E-state index contributed by atoms with van der Waals surface area (Å²) in [7, 11) is 0. The molecule has 0 spiro atoms. The van der Waals surface area contributed by atoms with Crippen molar-refractivity contribution in [3.63, 3.8) is 0 Å². The van der Waals surface area contributed by atoms with E-state index in [1.807, 2.05) is 30.3 Å². The van der Waals surface area contributed by atoms with Gasteiger partial charge in [-0.3, -0.25) is 9.78 Å².